The number of thiazole rings is 1. The number of carbonyl (C=O) groups is 2. The highest BCUT2D eigenvalue weighted by atomic mass is 32.1. The van der Waals surface area contributed by atoms with Crippen molar-refractivity contribution in [1.29, 1.82) is 0 Å². The number of anilines is 1. The van der Waals surface area contributed by atoms with Crippen LogP contribution in [0.15, 0.2) is 23.6 Å². The zero-order valence-corrected chi connectivity index (χ0v) is 17.0. The zero-order valence-electron chi connectivity index (χ0n) is 16.2. The van der Waals surface area contributed by atoms with E-state index in [9.17, 15) is 9.59 Å². The maximum Gasteiger partial charge on any atom is 0.273 e. The molecule has 1 N–H and O–H groups in total. The van der Waals surface area contributed by atoms with Gasteiger partial charge in [-0.25, -0.2) is 4.98 Å². The van der Waals surface area contributed by atoms with Gasteiger partial charge in [0.05, 0.1) is 26.4 Å². The van der Waals surface area contributed by atoms with Crippen LogP contribution in [0.2, 0.25) is 0 Å². The van der Waals surface area contributed by atoms with Crippen LogP contribution in [0.3, 0.4) is 0 Å². The normalized spacial score (nSPS) is 19.2. The highest BCUT2D eigenvalue weighted by molar-refractivity contribution is 7.14. The fraction of sp³-hybridized carbons (Fsp3) is 0.421. The standard InChI is InChI=1S/C19H23N3O5S/c1-11-8-22(9-12(2)27-11)18(24)16-10-28-19(20-16)21-17(23)13-5-14(25-3)7-15(6-13)26-4/h5-7,10-12H,8-9H2,1-4H3,(H,20,21,23). The summed E-state index contributed by atoms with van der Waals surface area (Å²) in [5.74, 6) is 0.492. The second-order valence-corrected chi connectivity index (χ2v) is 7.42. The van der Waals surface area contributed by atoms with Crippen LogP contribution in [0.25, 0.3) is 0 Å². The van der Waals surface area contributed by atoms with Crippen LogP contribution in [-0.4, -0.2) is 61.2 Å². The van der Waals surface area contributed by atoms with Gasteiger partial charge in [0.1, 0.15) is 17.2 Å². The Morgan fingerprint density at radius 1 is 1.14 bits per heavy atom. The molecule has 2 amide bonds. The molecule has 8 nitrogen and oxygen atoms in total. The zero-order chi connectivity index (χ0) is 20.3. The molecule has 0 spiro atoms. The van der Waals surface area contributed by atoms with Crippen LogP contribution < -0.4 is 14.8 Å². The topological polar surface area (TPSA) is 90.0 Å². The molecule has 150 valence electrons. The first-order valence-corrected chi connectivity index (χ1v) is 9.72. The van der Waals surface area contributed by atoms with Gasteiger partial charge in [-0.3, -0.25) is 14.9 Å². The van der Waals surface area contributed by atoms with Crippen LogP contribution in [0, 0.1) is 0 Å². The monoisotopic (exact) mass is 405 g/mol. The third-order valence-electron chi connectivity index (χ3n) is 4.26. The van der Waals surface area contributed by atoms with Gasteiger partial charge in [-0.05, 0) is 26.0 Å². The Hall–Kier alpha value is -2.65. The van der Waals surface area contributed by atoms with Gasteiger partial charge in [0, 0.05) is 30.1 Å². The van der Waals surface area contributed by atoms with E-state index in [2.05, 4.69) is 10.3 Å². The average molecular weight is 405 g/mol. The molecule has 1 saturated heterocycles. The number of hydrogen-bond donors (Lipinski definition) is 1. The van der Waals surface area contributed by atoms with Gasteiger partial charge >= 0.3 is 0 Å². The van der Waals surface area contributed by atoms with Crippen molar-refractivity contribution < 1.29 is 23.8 Å². The lowest BCUT2D eigenvalue weighted by molar-refractivity contribution is -0.0587. The summed E-state index contributed by atoms with van der Waals surface area (Å²) in [5.41, 5.74) is 0.680. The molecule has 0 radical (unpaired) electrons. The molecule has 1 aliphatic rings. The van der Waals surface area contributed by atoms with E-state index in [0.717, 1.165) is 0 Å². The molecule has 2 aromatic rings. The Labute approximate surface area is 167 Å². The van der Waals surface area contributed by atoms with E-state index in [1.165, 1.54) is 25.6 Å². The number of aromatic nitrogens is 1. The number of carbonyl (C=O) groups excluding carboxylic acids is 2. The second-order valence-electron chi connectivity index (χ2n) is 6.56. The van der Waals surface area contributed by atoms with Crippen LogP contribution in [-0.2, 0) is 4.74 Å². The number of methoxy groups -OCH3 is 2. The minimum Gasteiger partial charge on any atom is -0.497 e. The molecule has 9 heteroatoms. The van der Waals surface area contributed by atoms with Gasteiger partial charge in [-0.1, -0.05) is 0 Å². The van der Waals surface area contributed by atoms with Crippen molar-refractivity contribution in [3.63, 3.8) is 0 Å². The fourth-order valence-electron chi connectivity index (χ4n) is 3.04. The predicted molar refractivity (Wildman–Crippen MR) is 106 cm³/mol. The molecule has 3 rings (SSSR count). The molecule has 1 fully saturated rings. The van der Waals surface area contributed by atoms with Crippen molar-refractivity contribution >= 4 is 28.3 Å². The average Bonchev–Trinajstić information content (AvgIpc) is 3.14. The van der Waals surface area contributed by atoms with Gasteiger partial charge in [0.25, 0.3) is 11.8 Å². The van der Waals surface area contributed by atoms with E-state index < -0.39 is 0 Å². The van der Waals surface area contributed by atoms with Gasteiger partial charge in [-0.2, -0.15) is 0 Å². The second kappa shape index (κ2) is 8.57. The quantitative estimate of drug-likeness (QED) is 0.823. The molecular formula is C19H23N3O5S. The van der Waals surface area contributed by atoms with Crippen molar-refractivity contribution in [2.24, 2.45) is 0 Å². The summed E-state index contributed by atoms with van der Waals surface area (Å²) >= 11 is 1.20. The number of nitrogens with one attached hydrogen (secondary N) is 1. The molecule has 2 atom stereocenters. The van der Waals surface area contributed by atoms with Gasteiger partial charge in [0.15, 0.2) is 5.13 Å². The van der Waals surface area contributed by atoms with E-state index in [4.69, 9.17) is 14.2 Å². The molecule has 2 unspecified atom stereocenters. The number of morpholine rings is 1. The number of hydrogen-bond acceptors (Lipinski definition) is 7. The van der Waals surface area contributed by atoms with Crippen LogP contribution in [0.5, 0.6) is 11.5 Å². The van der Waals surface area contributed by atoms with E-state index in [1.54, 1.807) is 28.5 Å². The number of benzene rings is 1. The number of rotatable bonds is 5. The van der Waals surface area contributed by atoms with E-state index in [-0.39, 0.29) is 24.0 Å². The van der Waals surface area contributed by atoms with Crippen molar-refractivity contribution in [1.82, 2.24) is 9.88 Å². The Bertz CT molecular complexity index is 837. The Kier molecular flexibility index (Phi) is 6.15. The predicted octanol–water partition coefficient (Wildman–Crippen LogP) is 2.66. The SMILES string of the molecule is COc1cc(OC)cc(C(=O)Nc2nc(C(=O)N3CC(C)OC(C)C3)cs2)c1. The molecule has 0 bridgehead atoms. The maximum atomic E-state index is 12.7. The van der Waals surface area contributed by atoms with Crippen molar-refractivity contribution in [3.8, 4) is 11.5 Å². The molecule has 0 aliphatic carbocycles. The summed E-state index contributed by atoms with van der Waals surface area (Å²) in [5, 5.41) is 4.72. The van der Waals surface area contributed by atoms with E-state index in [0.29, 0.717) is 41.0 Å². The van der Waals surface area contributed by atoms with Crippen molar-refractivity contribution in [3.05, 3.63) is 34.8 Å². The van der Waals surface area contributed by atoms with Crippen LogP contribution in [0.1, 0.15) is 34.7 Å². The van der Waals surface area contributed by atoms with Gasteiger partial charge < -0.3 is 19.1 Å². The Morgan fingerprint density at radius 3 is 2.32 bits per heavy atom. The smallest absolute Gasteiger partial charge is 0.273 e. The summed E-state index contributed by atoms with van der Waals surface area (Å²) in [6, 6.07) is 4.89. The summed E-state index contributed by atoms with van der Waals surface area (Å²) in [4.78, 5) is 31.3. The third kappa shape index (κ3) is 4.60. The van der Waals surface area contributed by atoms with Crippen LogP contribution >= 0.6 is 11.3 Å². The molecule has 1 aliphatic heterocycles. The summed E-state index contributed by atoms with van der Waals surface area (Å²) < 4.78 is 16.0. The summed E-state index contributed by atoms with van der Waals surface area (Å²) in [7, 11) is 3.03. The molecule has 2 heterocycles. The van der Waals surface area contributed by atoms with Crippen LogP contribution in [0.4, 0.5) is 5.13 Å². The van der Waals surface area contributed by atoms with Gasteiger partial charge in [-0.15, -0.1) is 11.3 Å². The molecule has 1 aromatic heterocycles. The Balaban J connectivity index is 1.70. The first-order chi connectivity index (χ1) is 13.4. The first-order valence-electron chi connectivity index (χ1n) is 8.84. The summed E-state index contributed by atoms with van der Waals surface area (Å²) in [6.45, 7) is 4.91. The molecule has 0 saturated carbocycles. The molecular weight excluding hydrogens is 382 g/mol. The van der Waals surface area contributed by atoms with Crippen molar-refractivity contribution in [2.75, 3.05) is 32.6 Å². The van der Waals surface area contributed by atoms with Crippen molar-refractivity contribution in [2.45, 2.75) is 26.1 Å². The van der Waals surface area contributed by atoms with Gasteiger partial charge in [0.2, 0.25) is 0 Å². The minimum absolute atomic E-state index is 0.0199. The fourth-order valence-corrected chi connectivity index (χ4v) is 3.72. The first kappa shape index (κ1) is 20.1. The molecule has 1 aromatic carbocycles. The van der Waals surface area contributed by atoms with E-state index in [1.807, 2.05) is 13.8 Å². The van der Waals surface area contributed by atoms with E-state index >= 15 is 0 Å². The lowest BCUT2D eigenvalue weighted by Crippen LogP contribution is -2.48. The number of nitrogens with zero attached hydrogens (tertiary/aromatic N) is 2. The lowest BCUT2D eigenvalue weighted by atomic mass is 10.2. The number of amides is 2. The number of ether oxygens (including phenoxy) is 3. The third-order valence-corrected chi connectivity index (χ3v) is 5.02. The largest absolute Gasteiger partial charge is 0.497 e. The summed E-state index contributed by atoms with van der Waals surface area (Å²) in [6.07, 6.45) is -0.0397. The maximum absolute atomic E-state index is 12.7. The highest BCUT2D eigenvalue weighted by Crippen LogP contribution is 2.24. The highest BCUT2D eigenvalue weighted by Gasteiger charge is 2.28. The molecule has 28 heavy (non-hydrogen) atoms. The Morgan fingerprint density at radius 2 is 1.75 bits per heavy atom. The minimum atomic E-state index is -0.362. The lowest BCUT2D eigenvalue weighted by Gasteiger charge is -2.34.